The maximum Gasteiger partial charge on any atom is 0.227 e. The summed E-state index contributed by atoms with van der Waals surface area (Å²) in [6, 6.07) is 27.9. The molecule has 1 aromatic heterocycles. The van der Waals surface area contributed by atoms with Gasteiger partial charge in [0, 0.05) is 19.6 Å². The van der Waals surface area contributed by atoms with Crippen LogP contribution in [0.25, 0.3) is 5.69 Å². The van der Waals surface area contributed by atoms with Gasteiger partial charge in [0.05, 0.1) is 30.2 Å². The number of nitrogens with zero attached hydrogens (tertiary/aromatic N) is 3. The van der Waals surface area contributed by atoms with E-state index in [-0.39, 0.29) is 0 Å². The molecule has 1 N–H and O–H groups in total. The fraction of sp³-hybridized carbons (Fsp3) is 0.300. The number of methoxy groups -OCH3 is 1. The van der Waals surface area contributed by atoms with Crippen molar-refractivity contribution in [1.82, 2.24) is 14.7 Å². The van der Waals surface area contributed by atoms with Gasteiger partial charge in [0.1, 0.15) is 11.5 Å². The number of hydrogen-bond donors (Lipinski definition) is 1. The normalized spacial score (nSPS) is 12.0. The topological polar surface area (TPSA) is 59.8 Å². The van der Waals surface area contributed by atoms with E-state index in [9.17, 15) is 5.11 Å². The van der Waals surface area contributed by atoms with Gasteiger partial charge in [0.15, 0.2) is 0 Å². The zero-order valence-corrected chi connectivity index (χ0v) is 21.3. The Morgan fingerprint density at radius 1 is 0.889 bits per heavy atom. The molecule has 188 valence electrons. The second-order valence-corrected chi connectivity index (χ2v) is 8.99. The molecule has 0 saturated carbocycles. The van der Waals surface area contributed by atoms with Gasteiger partial charge in [-0.1, -0.05) is 61.9 Å². The molecule has 0 amide bonds. The molecule has 0 saturated heterocycles. The third-order valence-electron chi connectivity index (χ3n) is 6.13. The van der Waals surface area contributed by atoms with Gasteiger partial charge in [-0.05, 0) is 55.3 Å². The van der Waals surface area contributed by atoms with Crippen LogP contribution < -0.4 is 9.47 Å². The minimum atomic E-state index is -0.394. The summed E-state index contributed by atoms with van der Waals surface area (Å²) in [5, 5.41) is 15.5. The lowest BCUT2D eigenvalue weighted by atomic mass is 10.1. The van der Waals surface area contributed by atoms with Gasteiger partial charge >= 0.3 is 0 Å². The quantitative estimate of drug-likeness (QED) is 0.261. The van der Waals surface area contributed by atoms with E-state index in [2.05, 4.69) is 24.0 Å². The summed E-state index contributed by atoms with van der Waals surface area (Å²) >= 11 is 0. The maximum absolute atomic E-state index is 10.7. The largest absolute Gasteiger partial charge is 0.497 e. The third kappa shape index (κ3) is 6.53. The van der Waals surface area contributed by atoms with E-state index >= 15 is 0 Å². The lowest BCUT2D eigenvalue weighted by Gasteiger charge is -2.25. The summed E-state index contributed by atoms with van der Waals surface area (Å²) in [4.78, 5) is 2.27. The number of benzene rings is 3. The Hall–Kier alpha value is -3.61. The Bertz CT molecular complexity index is 1210. The number of ether oxygens (including phenoxy) is 2. The molecule has 6 heteroatoms. The van der Waals surface area contributed by atoms with Crippen LogP contribution in [0, 0.1) is 6.92 Å². The van der Waals surface area contributed by atoms with Crippen molar-refractivity contribution < 1.29 is 14.6 Å². The van der Waals surface area contributed by atoms with Crippen molar-refractivity contribution in [3.05, 3.63) is 102 Å². The molecule has 36 heavy (non-hydrogen) atoms. The predicted molar refractivity (Wildman–Crippen MR) is 143 cm³/mol. The van der Waals surface area contributed by atoms with Gasteiger partial charge < -0.3 is 14.6 Å². The molecule has 0 unspecified atom stereocenters. The minimum Gasteiger partial charge on any atom is -0.497 e. The molecule has 4 rings (SSSR count). The molecule has 0 bridgehead atoms. The first kappa shape index (κ1) is 25.5. The number of hydrogen-bond acceptors (Lipinski definition) is 5. The van der Waals surface area contributed by atoms with E-state index in [0.29, 0.717) is 24.7 Å². The van der Waals surface area contributed by atoms with Crippen LogP contribution in [0.2, 0.25) is 0 Å². The van der Waals surface area contributed by atoms with Gasteiger partial charge in [-0.2, -0.15) is 5.10 Å². The second-order valence-electron chi connectivity index (χ2n) is 8.99. The lowest BCUT2D eigenvalue weighted by Crippen LogP contribution is -2.32. The number of rotatable bonds is 12. The van der Waals surface area contributed by atoms with Gasteiger partial charge in [0.2, 0.25) is 5.88 Å². The molecule has 0 aliphatic carbocycles. The molecule has 0 aliphatic heterocycles. The average molecular weight is 486 g/mol. The first-order valence-corrected chi connectivity index (χ1v) is 12.5. The molecule has 3 aromatic carbocycles. The average Bonchev–Trinajstić information content (AvgIpc) is 3.20. The molecule has 6 nitrogen and oxygen atoms in total. The Balaban J connectivity index is 1.70. The van der Waals surface area contributed by atoms with Crippen molar-refractivity contribution in [1.29, 1.82) is 0 Å². The molecular weight excluding hydrogens is 450 g/mol. The van der Waals surface area contributed by atoms with Crippen LogP contribution in [0.4, 0.5) is 0 Å². The summed E-state index contributed by atoms with van der Waals surface area (Å²) in [6.07, 6.45) is 1.31. The monoisotopic (exact) mass is 485 g/mol. The first-order chi connectivity index (χ1) is 17.6. The van der Waals surface area contributed by atoms with Crippen molar-refractivity contribution in [2.24, 2.45) is 0 Å². The molecule has 0 spiro atoms. The van der Waals surface area contributed by atoms with E-state index in [1.54, 1.807) is 7.11 Å². The molecule has 0 fully saturated rings. The summed E-state index contributed by atoms with van der Waals surface area (Å²) in [5.41, 5.74) is 4.02. The Morgan fingerprint density at radius 2 is 1.53 bits per heavy atom. The maximum atomic E-state index is 10.7. The molecular formula is C30H35N3O3. The van der Waals surface area contributed by atoms with Crippen molar-refractivity contribution >= 4 is 0 Å². The first-order valence-electron chi connectivity index (χ1n) is 12.5. The summed E-state index contributed by atoms with van der Waals surface area (Å²) in [6.45, 7) is 6.00. The molecule has 4 aromatic rings. The summed E-state index contributed by atoms with van der Waals surface area (Å²) < 4.78 is 13.6. The molecule has 1 heterocycles. The predicted octanol–water partition coefficient (Wildman–Crippen LogP) is 6.14. The van der Waals surface area contributed by atoms with Crippen LogP contribution in [0.15, 0.2) is 84.9 Å². The van der Waals surface area contributed by atoms with E-state index in [4.69, 9.17) is 14.6 Å². The zero-order valence-electron chi connectivity index (χ0n) is 21.3. The van der Waals surface area contributed by atoms with Crippen LogP contribution in [-0.4, -0.2) is 39.5 Å². The van der Waals surface area contributed by atoms with Crippen molar-refractivity contribution in [2.75, 3.05) is 13.7 Å². The Morgan fingerprint density at radius 3 is 2.17 bits per heavy atom. The number of aliphatic hydroxyl groups is 1. The van der Waals surface area contributed by atoms with Gasteiger partial charge in [-0.15, -0.1) is 0 Å². The van der Waals surface area contributed by atoms with Crippen LogP contribution >= 0.6 is 0 Å². The smallest absolute Gasteiger partial charge is 0.227 e. The number of aliphatic hydroxyl groups excluding tert-OH is 1. The number of aryl methyl sites for hydroxylation is 1. The van der Waals surface area contributed by atoms with Crippen LogP contribution in [0.5, 0.6) is 17.4 Å². The van der Waals surface area contributed by atoms with E-state index in [1.165, 1.54) is 5.56 Å². The fourth-order valence-electron chi connectivity index (χ4n) is 4.30. The number of aromatic nitrogens is 2. The highest BCUT2D eigenvalue weighted by atomic mass is 16.5. The van der Waals surface area contributed by atoms with Crippen molar-refractivity contribution in [2.45, 2.75) is 45.9 Å². The molecule has 0 aliphatic rings. The highest BCUT2D eigenvalue weighted by Crippen LogP contribution is 2.32. The second kappa shape index (κ2) is 12.4. The van der Waals surface area contributed by atoms with Crippen LogP contribution in [0.3, 0.4) is 0 Å². The van der Waals surface area contributed by atoms with Crippen LogP contribution in [0.1, 0.15) is 36.6 Å². The molecule has 1 atom stereocenters. The molecule has 0 radical (unpaired) electrons. The van der Waals surface area contributed by atoms with E-state index in [0.717, 1.165) is 42.1 Å². The minimum absolute atomic E-state index is 0.394. The van der Waals surface area contributed by atoms with Gasteiger partial charge in [-0.3, -0.25) is 4.90 Å². The van der Waals surface area contributed by atoms with E-state index in [1.807, 2.05) is 84.4 Å². The van der Waals surface area contributed by atoms with E-state index < -0.39 is 6.10 Å². The summed E-state index contributed by atoms with van der Waals surface area (Å²) in [5.74, 6) is 2.15. The lowest BCUT2D eigenvalue weighted by molar-refractivity contribution is 0.0965. The van der Waals surface area contributed by atoms with Crippen molar-refractivity contribution in [3.63, 3.8) is 0 Å². The third-order valence-corrected chi connectivity index (χ3v) is 6.13. The van der Waals surface area contributed by atoms with Crippen molar-refractivity contribution in [3.8, 4) is 23.1 Å². The SMILES string of the molecule is CCC[C@@H](O)CN(Cc1ccccc1)Cc1c(C)nn(-c2ccccc2)c1Oc1ccc(OC)cc1. The van der Waals surface area contributed by atoms with Gasteiger partial charge in [0.25, 0.3) is 0 Å². The standard InChI is InChI=1S/C30H35N3O3/c1-4-11-26(34)21-32(20-24-12-7-5-8-13-24)22-29-23(2)31-33(25-14-9-6-10-15-25)30(29)36-28-18-16-27(35-3)17-19-28/h5-10,12-19,26,34H,4,11,20-22H2,1-3H3/t26-/m1/s1. The summed E-state index contributed by atoms with van der Waals surface area (Å²) in [7, 11) is 1.65. The zero-order chi connectivity index (χ0) is 25.3. The Kier molecular flexibility index (Phi) is 8.76. The van der Waals surface area contributed by atoms with Crippen LogP contribution in [-0.2, 0) is 13.1 Å². The van der Waals surface area contributed by atoms with Gasteiger partial charge in [-0.25, -0.2) is 4.68 Å². The fourth-order valence-corrected chi connectivity index (χ4v) is 4.30. The number of para-hydroxylation sites is 1. The highest BCUT2D eigenvalue weighted by Gasteiger charge is 2.23. The highest BCUT2D eigenvalue weighted by molar-refractivity contribution is 5.44. The Labute approximate surface area is 213 Å².